The molecular formula is C27H25ClFN3O5. The number of ether oxygens (including phenoxy) is 1. The average Bonchev–Trinajstić information content (AvgIpc) is 3.31. The summed E-state index contributed by atoms with van der Waals surface area (Å²) in [5.74, 6) is -0.483. The van der Waals surface area contributed by atoms with Crippen LogP contribution in [0.15, 0.2) is 59.0 Å². The largest absolute Gasteiger partial charge is 0.496 e. The lowest BCUT2D eigenvalue weighted by atomic mass is 10.1. The lowest BCUT2D eigenvalue weighted by molar-refractivity contribution is -0.137. The summed E-state index contributed by atoms with van der Waals surface area (Å²) in [7, 11) is 1.53. The van der Waals surface area contributed by atoms with E-state index in [1.807, 2.05) is 12.1 Å². The zero-order valence-electron chi connectivity index (χ0n) is 20.0. The SMILES string of the molecule is COc1ccc(NC(=O)NCCCCCC(=O)O)cc1-c1nc2cc(-c3ccc(F)c(Cl)c3)ccc2o1. The van der Waals surface area contributed by atoms with Crippen LogP contribution in [-0.2, 0) is 4.79 Å². The van der Waals surface area contributed by atoms with E-state index >= 15 is 0 Å². The molecule has 0 spiro atoms. The Morgan fingerprint density at radius 2 is 1.84 bits per heavy atom. The number of urea groups is 1. The second-order valence-corrected chi connectivity index (χ2v) is 8.74. The average molecular weight is 526 g/mol. The van der Waals surface area contributed by atoms with Crippen LogP contribution in [0.25, 0.3) is 33.7 Å². The van der Waals surface area contributed by atoms with Gasteiger partial charge in [-0.1, -0.05) is 30.2 Å². The van der Waals surface area contributed by atoms with Crippen molar-refractivity contribution in [2.45, 2.75) is 25.7 Å². The Bertz CT molecular complexity index is 1440. The topological polar surface area (TPSA) is 114 Å². The molecule has 1 heterocycles. The third-order valence-electron chi connectivity index (χ3n) is 5.68. The first-order valence-corrected chi connectivity index (χ1v) is 12.0. The fraction of sp³-hybridized carbons (Fsp3) is 0.222. The number of nitrogens with zero attached hydrogens (tertiary/aromatic N) is 1. The van der Waals surface area contributed by atoms with Gasteiger partial charge in [-0.3, -0.25) is 4.79 Å². The number of unbranched alkanes of at least 4 members (excludes halogenated alkanes) is 2. The van der Waals surface area contributed by atoms with Gasteiger partial charge in [-0.25, -0.2) is 14.2 Å². The Labute approximate surface area is 217 Å². The highest BCUT2D eigenvalue weighted by atomic mass is 35.5. The van der Waals surface area contributed by atoms with E-state index in [2.05, 4.69) is 15.6 Å². The van der Waals surface area contributed by atoms with Crippen LogP contribution in [0.5, 0.6) is 5.75 Å². The van der Waals surface area contributed by atoms with Crippen molar-refractivity contribution in [3.8, 4) is 28.3 Å². The van der Waals surface area contributed by atoms with E-state index in [0.29, 0.717) is 59.8 Å². The smallest absolute Gasteiger partial charge is 0.319 e. The molecule has 1 aromatic heterocycles. The summed E-state index contributed by atoms with van der Waals surface area (Å²) >= 11 is 5.93. The van der Waals surface area contributed by atoms with Gasteiger partial charge in [0.2, 0.25) is 5.89 Å². The Kier molecular flexibility index (Phi) is 8.25. The van der Waals surface area contributed by atoms with Gasteiger partial charge in [0, 0.05) is 18.7 Å². The number of anilines is 1. The zero-order valence-corrected chi connectivity index (χ0v) is 20.8. The summed E-state index contributed by atoms with van der Waals surface area (Å²) in [6.07, 6.45) is 2.10. The molecule has 0 aliphatic rings. The van der Waals surface area contributed by atoms with E-state index in [4.69, 9.17) is 25.9 Å². The molecule has 0 aliphatic carbocycles. The van der Waals surface area contributed by atoms with Crippen LogP contribution < -0.4 is 15.4 Å². The number of rotatable bonds is 10. The Morgan fingerprint density at radius 3 is 2.59 bits per heavy atom. The zero-order chi connectivity index (χ0) is 26.4. The van der Waals surface area contributed by atoms with Crippen molar-refractivity contribution in [3.63, 3.8) is 0 Å². The molecule has 2 amide bonds. The molecule has 0 aliphatic heterocycles. The van der Waals surface area contributed by atoms with Gasteiger partial charge >= 0.3 is 12.0 Å². The molecule has 192 valence electrons. The minimum absolute atomic E-state index is 0.0368. The Hall–Kier alpha value is -4.11. The van der Waals surface area contributed by atoms with Crippen molar-refractivity contribution >= 4 is 40.4 Å². The summed E-state index contributed by atoms with van der Waals surface area (Å²) in [6, 6.07) is 14.7. The monoisotopic (exact) mass is 525 g/mol. The summed E-state index contributed by atoms with van der Waals surface area (Å²) in [5, 5.41) is 14.2. The summed E-state index contributed by atoms with van der Waals surface area (Å²) < 4.78 is 25.0. The van der Waals surface area contributed by atoms with Crippen LogP contribution in [0.2, 0.25) is 5.02 Å². The summed E-state index contributed by atoms with van der Waals surface area (Å²) in [6.45, 7) is 0.432. The molecule has 4 rings (SSSR count). The third-order valence-corrected chi connectivity index (χ3v) is 5.97. The highest BCUT2D eigenvalue weighted by molar-refractivity contribution is 6.31. The number of methoxy groups -OCH3 is 1. The van der Waals surface area contributed by atoms with Gasteiger partial charge in [0.05, 0.1) is 17.7 Å². The van der Waals surface area contributed by atoms with Crippen molar-refractivity contribution in [1.29, 1.82) is 0 Å². The second kappa shape index (κ2) is 11.7. The number of carbonyl (C=O) groups is 2. The number of oxazole rings is 1. The van der Waals surface area contributed by atoms with Crippen molar-refractivity contribution in [2.75, 3.05) is 19.0 Å². The van der Waals surface area contributed by atoms with Gasteiger partial charge in [0.15, 0.2) is 5.58 Å². The molecule has 0 fully saturated rings. The van der Waals surface area contributed by atoms with E-state index in [0.717, 1.165) is 11.1 Å². The number of aliphatic carboxylic acids is 1. The first kappa shape index (κ1) is 26.0. The molecule has 0 atom stereocenters. The predicted octanol–water partition coefficient (Wildman–Crippen LogP) is 6.73. The van der Waals surface area contributed by atoms with Crippen molar-refractivity contribution in [1.82, 2.24) is 10.3 Å². The molecule has 0 saturated carbocycles. The van der Waals surface area contributed by atoms with Crippen LogP contribution in [0.4, 0.5) is 14.9 Å². The Balaban J connectivity index is 1.49. The number of carboxylic acid groups (broad SMARTS) is 1. The van der Waals surface area contributed by atoms with Gasteiger partial charge in [-0.2, -0.15) is 0 Å². The number of fused-ring (bicyclic) bond motifs is 1. The highest BCUT2D eigenvalue weighted by Crippen LogP contribution is 2.35. The molecule has 3 aromatic carbocycles. The van der Waals surface area contributed by atoms with Crippen molar-refractivity contribution < 1.29 is 28.2 Å². The maximum atomic E-state index is 13.6. The molecule has 0 bridgehead atoms. The highest BCUT2D eigenvalue weighted by Gasteiger charge is 2.16. The molecular weight excluding hydrogens is 501 g/mol. The number of nitrogens with one attached hydrogen (secondary N) is 2. The number of carbonyl (C=O) groups excluding carboxylic acids is 1. The number of amides is 2. The molecule has 8 nitrogen and oxygen atoms in total. The van der Waals surface area contributed by atoms with Gasteiger partial charge in [-0.05, 0) is 66.4 Å². The molecule has 10 heteroatoms. The van der Waals surface area contributed by atoms with Crippen LogP contribution in [0, 0.1) is 5.82 Å². The first-order valence-electron chi connectivity index (χ1n) is 11.6. The quantitative estimate of drug-likeness (QED) is 0.198. The van der Waals surface area contributed by atoms with Crippen LogP contribution >= 0.6 is 11.6 Å². The summed E-state index contributed by atoms with van der Waals surface area (Å²) in [4.78, 5) is 27.4. The van der Waals surface area contributed by atoms with Crippen LogP contribution in [0.1, 0.15) is 25.7 Å². The normalized spacial score (nSPS) is 10.9. The molecule has 0 unspecified atom stereocenters. The van der Waals surface area contributed by atoms with E-state index in [1.165, 1.54) is 13.2 Å². The van der Waals surface area contributed by atoms with Gasteiger partial charge in [0.25, 0.3) is 0 Å². The van der Waals surface area contributed by atoms with E-state index in [1.54, 1.807) is 36.4 Å². The standard InChI is InChI=1S/C27H25ClFN3O5/c1-36-23-11-8-18(31-27(35)30-12-4-2-3-5-25(33)34)15-19(23)26-32-22-14-17(7-10-24(22)37-26)16-6-9-21(29)20(28)13-16/h6-11,13-15H,2-5,12H2,1H3,(H,33,34)(H2,30,31,35). The third kappa shape index (κ3) is 6.56. The number of hydrogen-bond acceptors (Lipinski definition) is 5. The number of halogens is 2. The van der Waals surface area contributed by atoms with Crippen LogP contribution in [0.3, 0.4) is 0 Å². The van der Waals surface area contributed by atoms with Crippen molar-refractivity contribution in [3.05, 3.63) is 65.4 Å². The van der Waals surface area contributed by atoms with E-state index < -0.39 is 11.8 Å². The number of benzene rings is 3. The summed E-state index contributed by atoms with van der Waals surface area (Å²) in [5.41, 5.74) is 3.76. The van der Waals surface area contributed by atoms with Crippen molar-refractivity contribution in [2.24, 2.45) is 0 Å². The maximum absolute atomic E-state index is 13.6. The van der Waals surface area contributed by atoms with Crippen LogP contribution in [-0.4, -0.2) is 35.7 Å². The second-order valence-electron chi connectivity index (χ2n) is 8.33. The molecule has 37 heavy (non-hydrogen) atoms. The lowest BCUT2D eigenvalue weighted by Gasteiger charge is -2.10. The number of hydrogen-bond donors (Lipinski definition) is 3. The van der Waals surface area contributed by atoms with Gasteiger partial charge in [0.1, 0.15) is 17.1 Å². The van der Waals surface area contributed by atoms with E-state index in [9.17, 15) is 14.0 Å². The number of aromatic nitrogens is 1. The molecule has 3 N–H and O–H groups in total. The lowest BCUT2D eigenvalue weighted by Crippen LogP contribution is -2.29. The first-order chi connectivity index (χ1) is 17.8. The Morgan fingerprint density at radius 1 is 1.05 bits per heavy atom. The fourth-order valence-corrected chi connectivity index (χ4v) is 3.99. The molecule has 4 aromatic rings. The number of carboxylic acids is 1. The van der Waals surface area contributed by atoms with Gasteiger partial charge < -0.3 is 24.9 Å². The minimum Gasteiger partial charge on any atom is -0.496 e. The molecule has 0 radical (unpaired) electrons. The molecule has 0 saturated heterocycles. The predicted molar refractivity (Wildman–Crippen MR) is 140 cm³/mol. The maximum Gasteiger partial charge on any atom is 0.319 e. The van der Waals surface area contributed by atoms with E-state index in [-0.39, 0.29) is 17.5 Å². The fourth-order valence-electron chi connectivity index (χ4n) is 3.81. The minimum atomic E-state index is -0.821. The van der Waals surface area contributed by atoms with Gasteiger partial charge in [-0.15, -0.1) is 0 Å².